The summed E-state index contributed by atoms with van der Waals surface area (Å²) < 4.78 is 0. The summed E-state index contributed by atoms with van der Waals surface area (Å²) in [4.78, 5) is 21.3. The molecule has 0 aromatic carbocycles. The second-order valence-corrected chi connectivity index (χ2v) is 4.04. The zero-order chi connectivity index (χ0) is 12.2. The molecule has 0 spiro atoms. The predicted molar refractivity (Wildman–Crippen MR) is 70.4 cm³/mol. The molecule has 2 N–H and O–H groups in total. The first-order chi connectivity index (χ1) is 7.66. The van der Waals surface area contributed by atoms with E-state index in [2.05, 4.69) is 12.2 Å². The van der Waals surface area contributed by atoms with Crippen LogP contribution in [0.5, 0.6) is 0 Å². The number of aliphatic carboxylic acids is 1. The first-order valence-corrected chi connectivity index (χ1v) is 6.15. The second-order valence-electron chi connectivity index (χ2n) is 4.04. The molecule has 0 heterocycles. The molecule has 0 rings (SSSR count). The normalized spacial score (nSPS) is 9.47. The molecular weight excluding hydrogens is 229 g/mol. The van der Waals surface area contributed by atoms with Crippen LogP contribution >= 0.6 is 0 Å². The number of hydrogen-bond donors (Lipinski definition) is 2. The number of unbranched alkanes of at least 4 members (excludes halogenated alkanes) is 6. The van der Waals surface area contributed by atoms with E-state index in [1.165, 1.54) is 32.1 Å². The number of amides is 1. The van der Waals surface area contributed by atoms with Crippen molar-refractivity contribution in [3.05, 3.63) is 0 Å². The van der Waals surface area contributed by atoms with Gasteiger partial charge in [-0.25, -0.2) is 0 Å². The van der Waals surface area contributed by atoms with Crippen molar-refractivity contribution in [1.82, 2.24) is 5.32 Å². The number of carboxylic acid groups (broad SMARTS) is 1. The van der Waals surface area contributed by atoms with E-state index in [9.17, 15) is 9.59 Å². The molecule has 0 unspecified atom stereocenters. The third kappa shape index (κ3) is 15.9. The Hall–Kier alpha value is -0.0600. The molecule has 0 fully saturated rings. The number of carboxylic acids is 1. The Morgan fingerprint density at radius 3 is 2.06 bits per heavy atom. The molecule has 0 bridgehead atoms. The van der Waals surface area contributed by atoms with E-state index >= 15 is 0 Å². The summed E-state index contributed by atoms with van der Waals surface area (Å²) in [6.07, 6.45) is 8.60. The average Bonchev–Trinajstić information content (AvgIpc) is 2.25. The minimum absolute atomic E-state index is 0. The fourth-order valence-electron chi connectivity index (χ4n) is 1.51. The van der Waals surface area contributed by atoms with E-state index in [4.69, 9.17) is 5.11 Å². The van der Waals surface area contributed by atoms with Gasteiger partial charge in [0.15, 0.2) is 0 Å². The first kappa shape index (κ1) is 19.3. The molecule has 0 saturated carbocycles. The SMILES string of the molecule is CCCCCCCCCC(=O)NCC(=O)O.[NaH]. The summed E-state index contributed by atoms with van der Waals surface area (Å²) in [7, 11) is 0. The Balaban J connectivity index is 0. The number of carbonyl (C=O) groups is 2. The monoisotopic (exact) mass is 253 g/mol. The summed E-state index contributed by atoms with van der Waals surface area (Å²) in [6, 6.07) is 0. The summed E-state index contributed by atoms with van der Waals surface area (Å²) in [5, 5.41) is 10.7. The van der Waals surface area contributed by atoms with Gasteiger partial charge in [0.05, 0.1) is 0 Å². The average molecular weight is 253 g/mol. The van der Waals surface area contributed by atoms with Crippen LogP contribution in [0.15, 0.2) is 0 Å². The minimum atomic E-state index is -0.993. The Kier molecular flexibility index (Phi) is 15.9. The summed E-state index contributed by atoms with van der Waals surface area (Å²) >= 11 is 0. The van der Waals surface area contributed by atoms with Crippen molar-refractivity contribution in [2.75, 3.05) is 6.54 Å². The predicted octanol–water partition coefficient (Wildman–Crippen LogP) is 1.68. The van der Waals surface area contributed by atoms with Gasteiger partial charge in [-0.2, -0.15) is 0 Å². The van der Waals surface area contributed by atoms with E-state index in [0.717, 1.165) is 12.8 Å². The fraction of sp³-hybridized carbons (Fsp3) is 0.833. The quantitative estimate of drug-likeness (QED) is 0.460. The molecule has 0 aliphatic rings. The molecule has 0 radical (unpaired) electrons. The molecule has 17 heavy (non-hydrogen) atoms. The van der Waals surface area contributed by atoms with Gasteiger partial charge in [-0.1, -0.05) is 45.4 Å². The Labute approximate surface area is 126 Å². The molecule has 4 nitrogen and oxygen atoms in total. The van der Waals surface area contributed by atoms with E-state index in [1.54, 1.807) is 0 Å². The van der Waals surface area contributed by atoms with E-state index < -0.39 is 5.97 Å². The topological polar surface area (TPSA) is 66.4 Å². The van der Waals surface area contributed by atoms with Crippen molar-refractivity contribution < 1.29 is 14.7 Å². The van der Waals surface area contributed by atoms with Gasteiger partial charge < -0.3 is 10.4 Å². The number of nitrogens with one attached hydrogen (secondary N) is 1. The summed E-state index contributed by atoms with van der Waals surface area (Å²) in [5.41, 5.74) is 0. The van der Waals surface area contributed by atoms with Gasteiger partial charge in [0.1, 0.15) is 6.54 Å². The number of carbonyl (C=O) groups excluding carboxylic acids is 1. The van der Waals surface area contributed by atoms with Crippen LogP contribution in [0.25, 0.3) is 0 Å². The maximum absolute atomic E-state index is 11.1. The standard InChI is InChI=1S/C12H23NO3.Na.H/c1-2-3-4-5-6-7-8-9-11(14)13-10-12(15)16;;/h2-10H2,1H3,(H,13,14)(H,15,16);;. The Morgan fingerprint density at radius 2 is 1.53 bits per heavy atom. The zero-order valence-electron chi connectivity index (χ0n) is 10.1. The number of hydrogen-bond acceptors (Lipinski definition) is 2. The maximum atomic E-state index is 11.1. The van der Waals surface area contributed by atoms with Crippen LogP contribution in [0.2, 0.25) is 0 Å². The molecule has 0 aromatic heterocycles. The van der Waals surface area contributed by atoms with Crippen molar-refractivity contribution in [3.8, 4) is 0 Å². The third-order valence-corrected chi connectivity index (χ3v) is 2.44. The van der Waals surface area contributed by atoms with Gasteiger partial charge in [-0.3, -0.25) is 9.59 Å². The molecule has 5 heteroatoms. The van der Waals surface area contributed by atoms with Gasteiger partial charge >= 0.3 is 35.5 Å². The molecule has 0 aliphatic carbocycles. The van der Waals surface area contributed by atoms with E-state index in [0.29, 0.717) is 6.42 Å². The van der Waals surface area contributed by atoms with Crippen LogP contribution in [0.3, 0.4) is 0 Å². The van der Waals surface area contributed by atoms with Crippen LogP contribution in [0, 0.1) is 0 Å². The van der Waals surface area contributed by atoms with Gasteiger partial charge in [0.25, 0.3) is 0 Å². The van der Waals surface area contributed by atoms with Gasteiger partial charge in [0, 0.05) is 6.42 Å². The summed E-state index contributed by atoms with van der Waals surface area (Å²) in [5.74, 6) is -1.15. The first-order valence-electron chi connectivity index (χ1n) is 6.15. The Bertz CT molecular complexity index is 210. The van der Waals surface area contributed by atoms with Crippen molar-refractivity contribution in [2.24, 2.45) is 0 Å². The van der Waals surface area contributed by atoms with Gasteiger partial charge in [-0.15, -0.1) is 0 Å². The van der Waals surface area contributed by atoms with Crippen molar-refractivity contribution in [1.29, 1.82) is 0 Å². The van der Waals surface area contributed by atoms with Gasteiger partial charge in [0.2, 0.25) is 5.91 Å². The molecule has 0 aliphatic heterocycles. The van der Waals surface area contributed by atoms with E-state index in [1.807, 2.05) is 0 Å². The molecular formula is C12H24NNaO3. The van der Waals surface area contributed by atoms with Crippen LogP contribution in [0.4, 0.5) is 0 Å². The van der Waals surface area contributed by atoms with Crippen LogP contribution < -0.4 is 5.32 Å². The van der Waals surface area contributed by atoms with Crippen molar-refractivity contribution in [3.63, 3.8) is 0 Å². The molecule has 0 atom stereocenters. The molecule has 96 valence electrons. The second kappa shape index (κ2) is 14.0. The Morgan fingerprint density at radius 1 is 1.00 bits per heavy atom. The van der Waals surface area contributed by atoms with Gasteiger partial charge in [-0.05, 0) is 6.42 Å². The zero-order valence-corrected chi connectivity index (χ0v) is 10.1. The molecule has 0 aromatic rings. The van der Waals surface area contributed by atoms with E-state index in [-0.39, 0.29) is 42.0 Å². The molecule has 0 saturated heterocycles. The van der Waals surface area contributed by atoms with Crippen molar-refractivity contribution in [2.45, 2.75) is 58.3 Å². The third-order valence-electron chi connectivity index (χ3n) is 2.44. The summed E-state index contributed by atoms with van der Waals surface area (Å²) in [6.45, 7) is 1.92. The van der Waals surface area contributed by atoms with Crippen LogP contribution in [-0.2, 0) is 9.59 Å². The fourth-order valence-corrected chi connectivity index (χ4v) is 1.51. The number of rotatable bonds is 10. The van der Waals surface area contributed by atoms with Crippen LogP contribution in [-0.4, -0.2) is 53.1 Å². The van der Waals surface area contributed by atoms with Crippen molar-refractivity contribution >= 4 is 41.4 Å². The van der Waals surface area contributed by atoms with Crippen LogP contribution in [0.1, 0.15) is 58.3 Å². The molecule has 1 amide bonds.